The average molecular weight is 684 g/mol. The molecule has 4 rings (SSSR count). The van der Waals surface area contributed by atoms with Crippen molar-refractivity contribution >= 4 is 105 Å². The Morgan fingerprint density at radius 2 is 0.595 bits per heavy atom. The van der Waals surface area contributed by atoms with Gasteiger partial charge in [-0.3, -0.25) is 0 Å². The van der Waals surface area contributed by atoms with Crippen LogP contribution in [0.25, 0.3) is 0 Å². The van der Waals surface area contributed by atoms with Crippen LogP contribution >= 0.6 is 105 Å². The maximum atomic E-state index is 5.99. The van der Waals surface area contributed by atoms with Crippen molar-refractivity contribution in [2.45, 2.75) is 149 Å². The second-order valence-electron chi connectivity index (χ2n) is 10.7. The second kappa shape index (κ2) is 17.9. The third kappa shape index (κ3) is 10.9. The first kappa shape index (κ1) is 34.5. The highest BCUT2D eigenvalue weighted by molar-refractivity contribution is 8.64. The van der Waals surface area contributed by atoms with Gasteiger partial charge in [0.2, 0.25) is 0 Å². The van der Waals surface area contributed by atoms with Crippen molar-refractivity contribution in [2.75, 3.05) is 17.6 Å². The Hall–Kier alpha value is 2.97. The highest BCUT2D eigenvalue weighted by atomic mass is 35.5. The summed E-state index contributed by atoms with van der Waals surface area (Å²) >= 11 is 32.3. The molecule has 4 heterocycles. The fraction of sp³-hybridized carbons (Fsp3) is 1.00. The third-order valence-electron chi connectivity index (χ3n) is 7.30. The molecule has 0 aromatic rings. The maximum Gasteiger partial charge on any atom is 0.113 e. The standard InChI is InChI=1S/C28H49Cl3S6/c1-2-3-4-11-18-25-32-26(19-12-5-8-15-22-29)35-27(33-25,20-13-6-9-16-23-30)37-28(34-25,36-26)21-14-7-10-17-24-31/h2-24H2,1H3. The lowest BCUT2D eigenvalue weighted by Crippen LogP contribution is -2.53. The van der Waals surface area contributed by atoms with Crippen LogP contribution < -0.4 is 0 Å². The van der Waals surface area contributed by atoms with E-state index in [9.17, 15) is 0 Å². The van der Waals surface area contributed by atoms with Gasteiger partial charge in [-0.05, 0) is 44.9 Å². The number of rotatable bonds is 23. The molecule has 4 fully saturated rings. The zero-order valence-corrected chi connectivity index (χ0v) is 30.0. The van der Waals surface area contributed by atoms with Crippen LogP contribution in [0.15, 0.2) is 0 Å². The molecule has 37 heavy (non-hydrogen) atoms. The Morgan fingerprint density at radius 3 is 0.838 bits per heavy atom. The molecular weight excluding hydrogens is 635 g/mol. The maximum absolute atomic E-state index is 5.99. The molecule has 4 saturated heterocycles. The highest BCUT2D eigenvalue weighted by Gasteiger charge is 2.71. The van der Waals surface area contributed by atoms with E-state index in [1.54, 1.807) is 0 Å². The van der Waals surface area contributed by atoms with E-state index in [1.165, 1.54) is 128 Å². The Morgan fingerprint density at radius 1 is 0.351 bits per heavy atom. The van der Waals surface area contributed by atoms with Crippen molar-refractivity contribution in [3.63, 3.8) is 0 Å². The van der Waals surface area contributed by atoms with E-state index < -0.39 is 0 Å². The number of alkyl halides is 3. The normalized spacial score (nSPS) is 32.4. The molecule has 9 heteroatoms. The molecule has 0 unspecified atom stereocenters. The molecule has 4 aliphatic heterocycles. The molecule has 0 N–H and O–H groups in total. The van der Waals surface area contributed by atoms with Gasteiger partial charge < -0.3 is 0 Å². The van der Waals surface area contributed by atoms with Crippen molar-refractivity contribution in [1.82, 2.24) is 0 Å². The van der Waals surface area contributed by atoms with E-state index in [-0.39, 0.29) is 0 Å². The van der Waals surface area contributed by atoms with Crippen molar-refractivity contribution in [3.05, 3.63) is 0 Å². The second-order valence-corrected chi connectivity index (χ2v) is 24.5. The van der Waals surface area contributed by atoms with Crippen molar-refractivity contribution in [2.24, 2.45) is 0 Å². The van der Waals surface area contributed by atoms with E-state index in [2.05, 4.69) is 77.5 Å². The topological polar surface area (TPSA) is 0 Å². The largest absolute Gasteiger partial charge is 0.127 e. The summed E-state index contributed by atoms with van der Waals surface area (Å²) in [5.74, 6) is 2.44. The van der Waals surface area contributed by atoms with Crippen LogP contribution in [0.2, 0.25) is 0 Å². The lowest BCUT2D eigenvalue weighted by molar-refractivity contribution is 0.615. The number of unbranched alkanes of at least 4 members (excludes halogenated alkanes) is 12. The molecule has 0 atom stereocenters. The van der Waals surface area contributed by atoms with Crippen molar-refractivity contribution < 1.29 is 0 Å². The zero-order valence-electron chi connectivity index (χ0n) is 22.8. The fourth-order valence-corrected chi connectivity index (χ4v) is 27.8. The summed E-state index contributed by atoms with van der Waals surface area (Å²) in [6.45, 7) is 2.34. The molecule has 0 saturated carbocycles. The summed E-state index contributed by atoms with van der Waals surface area (Å²) in [5.41, 5.74) is 0. The van der Waals surface area contributed by atoms with E-state index in [4.69, 9.17) is 34.8 Å². The van der Waals surface area contributed by atoms with Crippen LogP contribution in [-0.4, -0.2) is 31.3 Å². The van der Waals surface area contributed by atoms with E-state index in [1.807, 2.05) is 0 Å². The molecule has 0 aromatic heterocycles. The smallest absolute Gasteiger partial charge is 0.113 e. The first-order chi connectivity index (χ1) is 18.0. The molecule has 4 bridgehead atoms. The first-order valence-electron chi connectivity index (χ1n) is 14.9. The Bertz CT molecular complexity index is 557. The summed E-state index contributed by atoms with van der Waals surface area (Å²) in [7, 11) is 0. The number of thioether (sulfide) groups is 6. The van der Waals surface area contributed by atoms with Crippen LogP contribution in [0, 0.1) is 0 Å². The lowest BCUT2D eigenvalue weighted by atomic mass is 10.2. The molecule has 0 aliphatic carbocycles. The first-order valence-corrected chi connectivity index (χ1v) is 21.4. The number of hydrogen-bond donors (Lipinski definition) is 0. The van der Waals surface area contributed by atoms with Crippen LogP contribution in [0.1, 0.15) is 135 Å². The molecule has 0 radical (unpaired) electrons. The SMILES string of the molecule is CCCCCCC12SC3(CCCCCCCl)SC(CCCCCCCl)(S1)SC(CCCCCCCl)(S2)S3. The van der Waals surface area contributed by atoms with E-state index in [0.29, 0.717) is 13.6 Å². The van der Waals surface area contributed by atoms with E-state index in [0.717, 1.165) is 17.6 Å². The summed E-state index contributed by atoms with van der Waals surface area (Å²) in [6.07, 6.45) is 26.4. The van der Waals surface area contributed by atoms with Gasteiger partial charge in [0.1, 0.15) is 13.6 Å². The van der Waals surface area contributed by atoms with Crippen LogP contribution in [0.5, 0.6) is 0 Å². The molecular formula is C28H49Cl3S6. The molecule has 0 nitrogen and oxygen atoms in total. The molecule has 0 amide bonds. The third-order valence-corrected chi connectivity index (χ3v) is 20.3. The summed E-state index contributed by atoms with van der Waals surface area (Å²) < 4.78 is 1.34. The van der Waals surface area contributed by atoms with Gasteiger partial charge in [-0.25, -0.2) is 0 Å². The Balaban J connectivity index is 1.77. The zero-order chi connectivity index (χ0) is 26.5. The number of hydrogen-bond acceptors (Lipinski definition) is 6. The predicted octanol–water partition coefficient (Wildman–Crippen LogP) is 13.6. The van der Waals surface area contributed by atoms with Crippen LogP contribution in [0.3, 0.4) is 0 Å². The van der Waals surface area contributed by atoms with Crippen molar-refractivity contribution in [1.29, 1.82) is 0 Å². The predicted molar refractivity (Wildman–Crippen MR) is 187 cm³/mol. The van der Waals surface area contributed by atoms with Gasteiger partial charge in [0, 0.05) is 17.6 Å². The van der Waals surface area contributed by atoms with Gasteiger partial charge in [0.25, 0.3) is 0 Å². The summed E-state index contributed by atoms with van der Waals surface area (Å²) in [4.78, 5) is 0. The van der Waals surface area contributed by atoms with Gasteiger partial charge >= 0.3 is 0 Å². The van der Waals surface area contributed by atoms with E-state index >= 15 is 0 Å². The van der Waals surface area contributed by atoms with Crippen LogP contribution in [-0.2, 0) is 0 Å². The average Bonchev–Trinajstić information content (AvgIpc) is 2.85. The lowest BCUT2D eigenvalue weighted by Gasteiger charge is -2.67. The fourth-order valence-electron chi connectivity index (χ4n) is 5.42. The minimum absolute atomic E-state index is 0.333. The van der Waals surface area contributed by atoms with Gasteiger partial charge in [-0.15, -0.1) is 105 Å². The van der Waals surface area contributed by atoms with Crippen LogP contribution in [0.4, 0.5) is 0 Å². The minimum Gasteiger partial charge on any atom is -0.127 e. The van der Waals surface area contributed by atoms with Gasteiger partial charge in [-0.2, -0.15) is 0 Å². The molecule has 218 valence electrons. The van der Waals surface area contributed by atoms with Crippen molar-refractivity contribution in [3.8, 4) is 0 Å². The quantitative estimate of drug-likeness (QED) is 0.0771. The van der Waals surface area contributed by atoms with Gasteiger partial charge in [-0.1, -0.05) is 90.4 Å². The molecule has 0 aromatic carbocycles. The minimum atomic E-state index is 0.333. The summed E-state index contributed by atoms with van der Waals surface area (Å²) in [5, 5.41) is 0. The van der Waals surface area contributed by atoms with Gasteiger partial charge in [0.05, 0.1) is 0 Å². The monoisotopic (exact) mass is 682 g/mol. The highest BCUT2D eigenvalue weighted by Crippen LogP contribution is 2.91. The Labute approximate surface area is 269 Å². The molecule has 0 spiro atoms. The summed E-state index contributed by atoms with van der Waals surface area (Å²) in [6, 6.07) is 0. The molecule has 4 aliphatic rings. The van der Waals surface area contributed by atoms with Gasteiger partial charge in [0.15, 0.2) is 0 Å². The Kier molecular flexibility index (Phi) is 16.7. The number of halogens is 3.